The molecule has 0 fully saturated rings. The van der Waals surface area contributed by atoms with Crippen molar-refractivity contribution in [3.05, 3.63) is 16.5 Å². The first-order valence-corrected chi connectivity index (χ1v) is 5.56. The zero-order chi connectivity index (χ0) is 14.8. The van der Waals surface area contributed by atoms with Crippen molar-refractivity contribution in [2.24, 2.45) is 0 Å². The summed E-state index contributed by atoms with van der Waals surface area (Å²) in [5.74, 6) is -5.13. The summed E-state index contributed by atoms with van der Waals surface area (Å²) in [4.78, 5) is 7.53. The van der Waals surface area contributed by atoms with Crippen LogP contribution in [0.15, 0.2) is 0 Å². The van der Waals surface area contributed by atoms with Crippen molar-refractivity contribution in [2.45, 2.75) is 32.4 Å². The van der Waals surface area contributed by atoms with Crippen LogP contribution in [0.4, 0.5) is 22.0 Å². The molecule has 0 aliphatic rings. The highest BCUT2D eigenvalue weighted by Gasteiger charge is 2.58. The molecule has 0 aliphatic heterocycles. The standard InChI is InChI=1S/C10H10ClF5N2O/c1-3-6-17-7(11)5(2)8(18-6)19-4-9(12,13)10(14,15)16/h3-4H2,1-2H3. The van der Waals surface area contributed by atoms with Gasteiger partial charge in [-0.05, 0) is 6.92 Å². The number of ether oxygens (including phenoxy) is 1. The maximum atomic E-state index is 12.7. The molecule has 0 N–H and O–H groups in total. The molecule has 108 valence electrons. The van der Waals surface area contributed by atoms with E-state index in [2.05, 4.69) is 14.7 Å². The normalized spacial score (nSPS) is 12.6. The first-order chi connectivity index (χ1) is 8.58. The lowest BCUT2D eigenvalue weighted by Gasteiger charge is -2.20. The molecule has 9 heteroatoms. The van der Waals surface area contributed by atoms with Crippen molar-refractivity contribution >= 4 is 11.6 Å². The monoisotopic (exact) mass is 304 g/mol. The van der Waals surface area contributed by atoms with Crippen LogP contribution in [-0.2, 0) is 6.42 Å². The van der Waals surface area contributed by atoms with E-state index in [1.807, 2.05) is 0 Å². The van der Waals surface area contributed by atoms with Gasteiger partial charge in [-0.1, -0.05) is 18.5 Å². The Morgan fingerprint density at radius 1 is 1.16 bits per heavy atom. The van der Waals surface area contributed by atoms with Gasteiger partial charge in [0, 0.05) is 12.0 Å². The maximum Gasteiger partial charge on any atom is 0.456 e. The topological polar surface area (TPSA) is 35.0 Å². The van der Waals surface area contributed by atoms with Crippen molar-refractivity contribution in [1.29, 1.82) is 0 Å². The fraction of sp³-hybridized carbons (Fsp3) is 0.600. The Morgan fingerprint density at radius 3 is 2.21 bits per heavy atom. The van der Waals surface area contributed by atoms with Crippen LogP contribution >= 0.6 is 11.6 Å². The number of aromatic nitrogens is 2. The molecular formula is C10H10ClF5N2O. The Hall–Kier alpha value is -1.18. The van der Waals surface area contributed by atoms with Gasteiger partial charge in [-0.25, -0.2) is 4.98 Å². The van der Waals surface area contributed by atoms with E-state index in [4.69, 9.17) is 11.6 Å². The molecule has 0 unspecified atom stereocenters. The van der Waals surface area contributed by atoms with Gasteiger partial charge in [0.25, 0.3) is 0 Å². The Bertz CT molecular complexity index is 464. The molecule has 0 aliphatic carbocycles. The average molecular weight is 305 g/mol. The minimum atomic E-state index is -5.68. The van der Waals surface area contributed by atoms with Crippen molar-refractivity contribution in [2.75, 3.05) is 6.61 Å². The van der Waals surface area contributed by atoms with E-state index in [0.717, 1.165) is 0 Å². The van der Waals surface area contributed by atoms with Gasteiger partial charge in [-0.15, -0.1) is 0 Å². The number of aryl methyl sites for hydroxylation is 1. The molecule has 0 bridgehead atoms. The van der Waals surface area contributed by atoms with E-state index < -0.39 is 18.7 Å². The van der Waals surface area contributed by atoms with Crippen molar-refractivity contribution in [3.8, 4) is 5.88 Å². The van der Waals surface area contributed by atoms with Gasteiger partial charge in [-0.3, -0.25) is 0 Å². The van der Waals surface area contributed by atoms with Crippen LogP contribution in [0, 0.1) is 6.92 Å². The van der Waals surface area contributed by atoms with Crippen LogP contribution in [0.2, 0.25) is 5.15 Å². The lowest BCUT2D eigenvalue weighted by atomic mass is 10.3. The van der Waals surface area contributed by atoms with Crippen molar-refractivity contribution < 1.29 is 26.7 Å². The second-order valence-electron chi connectivity index (χ2n) is 3.71. The van der Waals surface area contributed by atoms with E-state index >= 15 is 0 Å². The quantitative estimate of drug-likeness (QED) is 0.630. The fourth-order valence-electron chi connectivity index (χ4n) is 1.05. The largest absolute Gasteiger partial charge is 0.471 e. The molecular weight excluding hydrogens is 295 g/mol. The summed E-state index contributed by atoms with van der Waals surface area (Å²) in [6.45, 7) is 1.19. The van der Waals surface area contributed by atoms with Crippen LogP contribution in [0.25, 0.3) is 0 Å². The third kappa shape index (κ3) is 3.65. The minimum absolute atomic E-state index is 0.0443. The lowest BCUT2D eigenvalue weighted by molar-refractivity contribution is -0.290. The van der Waals surface area contributed by atoms with Gasteiger partial charge in [-0.2, -0.15) is 26.9 Å². The molecule has 1 aromatic rings. The van der Waals surface area contributed by atoms with Crippen LogP contribution in [-0.4, -0.2) is 28.7 Å². The van der Waals surface area contributed by atoms with Gasteiger partial charge in [0.2, 0.25) is 5.88 Å². The second kappa shape index (κ2) is 5.44. The third-order valence-corrected chi connectivity index (χ3v) is 2.58. The zero-order valence-corrected chi connectivity index (χ0v) is 10.7. The number of nitrogens with zero attached hydrogens (tertiary/aromatic N) is 2. The van der Waals surface area contributed by atoms with Crippen LogP contribution in [0.3, 0.4) is 0 Å². The lowest BCUT2D eigenvalue weighted by Crippen LogP contribution is -2.42. The molecule has 3 nitrogen and oxygen atoms in total. The van der Waals surface area contributed by atoms with Crippen LogP contribution in [0.1, 0.15) is 18.3 Å². The number of alkyl halides is 5. The highest BCUT2D eigenvalue weighted by Crippen LogP contribution is 2.36. The predicted octanol–water partition coefficient (Wildman–Crippen LogP) is 3.58. The molecule has 0 saturated heterocycles. The molecule has 0 radical (unpaired) electrons. The first kappa shape index (κ1) is 15.9. The summed E-state index contributed by atoms with van der Waals surface area (Å²) in [5, 5.41) is -0.0443. The first-order valence-electron chi connectivity index (χ1n) is 5.19. The number of hydrogen-bond donors (Lipinski definition) is 0. The highest BCUT2D eigenvalue weighted by atomic mass is 35.5. The third-order valence-electron chi connectivity index (χ3n) is 2.21. The molecule has 0 saturated carbocycles. The summed E-state index contributed by atoms with van der Waals surface area (Å²) < 4.78 is 65.8. The summed E-state index contributed by atoms with van der Waals surface area (Å²) in [5.41, 5.74) is 0.108. The van der Waals surface area contributed by atoms with Gasteiger partial charge in [0.15, 0.2) is 6.61 Å². The van der Waals surface area contributed by atoms with Crippen LogP contribution < -0.4 is 4.74 Å². The second-order valence-corrected chi connectivity index (χ2v) is 4.06. The Labute approximate surface area is 110 Å². The average Bonchev–Trinajstić information content (AvgIpc) is 2.29. The summed E-state index contributed by atoms with van der Waals surface area (Å²) in [7, 11) is 0. The van der Waals surface area contributed by atoms with Gasteiger partial charge < -0.3 is 4.74 Å². The molecule has 0 spiro atoms. The Kier molecular flexibility index (Phi) is 4.54. The minimum Gasteiger partial charge on any atom is -0.471 e. The van der Waals surface area contributed by atoms with E-state index in [0.29, 0.717) is 6.42 Å². The zero-order valence-electron chi connectivity index (χ0n) is 9.98. The Morgan fingerprint density at radius 2 is 1.74 bits per heavy atom. The molecule has 0 atom stereocenters. The van der Waals surface area contributed by atoms with E-state index in [-0.39, 0.29) is 22.4 Å². The maximum absolute atomic E-state index is 12.7. The Balaban J connectivity index is 2.92. The molecule has 19 heavy (non-hydrogen) atoms. The number of halogens is 6. The van der Waals surface area contributed by atoms with Gasteiger partial charge in [0.05, 0.1) is 0 Å². The fourth-order valence-corrected chi connectivity index (χ4v) is 1.23. The molecule has 0 amide bonds. The molecule has 1 rings (SSSR count). The van der Waals surface area contributed by atoms with Crippen molar-refractivity contribution in [3.63, 3.8) is 0 Å². The van der Waals surface area contributed by atoms with E-state index in [1.165, 1.54) is 6.92 Å². The molecule has 1 heterocycles. The van der Waals surface area contributed by atoms with Gasteiger partial charge >= 0.3 is 12.1 Å². The summed E-state index contributed by atoms with van der Waals surface area (Å²) in [6.07, 6.45) is -5.34. The summed E-state index contributed by atoms with van der Waals surface area (Å²) in [6, 6.07) is 0. The summed E-state index contributed by atoms with van der Waals surface area (Å²) >= 11 is 5.70. The van der Waals surface area contributed by atoms with E-state index in [1.54, 1.807) is 6.92 Å². The SMILES string of the molecule is CCc1nc(Cl)c(C)c(OCC(F)(F)C(F)(F)F)n1. The molecule has 1 aromatic heterocycles. The smallest absolute Gasteiger partial charge is 0.456 e. The van der Waals surface area contributed by atoms with Crippen molar-refractivity contribution in [1.82, 2.24) is 9.97 Å². The van der Waals surface area contributed by atoms with Crippen LogP contribution in [0.5, 0.6) is 5.88 Å². The van der Waals surface area contributed by atoms with E-state index in [9.17, 15) is 22.0 Å². The number of hydrogen-bond acceptors (Lipinski definition) is 3. The predicted molar refractivity (Wildman–Crippen MR) is 57.7 cm³/mol. The highest BCUT2D eigenvalue weighted by molar-refractivity contribution is 6.30. The van der Waals surface area contributed by atoms with Gasteiger partial charge in [0.1, 0.15) is 11.0 Å². The molecule has 0 aromatic carbocycles. The number of rotatable bonds is 4.